The number of rotatable bonds is 15. The second kappa shape index (κ2) is 12.5. The van der Waals surface area contributed by atoms with E-state index < -0.39 is 0 Å². The molecule has 1 saturated heterocycles. The molecule has 1 aliphatic rings. The van der Waals surface area contributed by atoms with Crippen LogP contribution >= 0.6 is 0 Å². The van der Waals surface area contributed by atoms with Crippen LogP contribution < -0.4 is 9.47 Å². The molecule has 4 atom stereocenters. The third kappa shape index (κ3) is 8.27. The Kier molecular flexibility index (Phi) is 9.77. The summed E-state index contributed by atoms with van der Waals surface area (Å²) in [7, 11) is 1.68. The van der Waals surface area contributed by atoms with Gasteiger partial charge in [-0.25, -0.2) is 0 Å². The third-order valence-electron chi connectivity index (χ3n) is 6.11. The molecule has 6 heteroatoms. The van der Waals surface area contributed by atoms with Crippen LogP contribution in [0.25, 0.3) is 0 Å². The van der Waals surface area contributed by atoms with Gasteiger partial charge >= 0.3 is 0 Å². The van der Waals surface area contributed by atoms with Crippen molar-refractivity contribution in [3.63, 3.8) is 0 Å². The normalized spacial score (nSPS) is 18.2. The first-order valence-corrected chi connectivity index (χ1v) is 12.1. The van der Waals surface area contributed by atoms with Gasteiger partial charge in [-0.3, -0.25) is 0 Å². The Morgan fingerprint density at radius 2 is 1.24 bits per heavy atom. The van der Waals surface area contributed by atoms with E-state index in [2.05, 4.69) is 38.1 Å². The summed E-state index contributed by atoms with van der Waals surface area (Å²) < 4.78 is 33.6. The highest BCUT2D eigenvalue weighted by Crippen LogP contribution is 2.33. The average Bonchev–Trinajstić information content (AvgIpc) is 3.68. The molecule has 0 spiro atoms. The maximum atomic E-state index is 5.90. The standard InChI is InChI=1S/C28H40O6/c1-20(29-6)15-30-21(2)16-32-25-11-7-23(8-12-25)28(4,5)24-9-13-26(14-10-24)33-17-22(3)31-18-27-19-34-27/h7-14,20-22,27H,15-19H2,1-6H3. The molecule has 3 rings (SSSR count). The van der Waals surface area contributed by atoms with Gasteiger partial charge in [0.25, 0.3) is 0 Å². The van der Waals surface area contributed by atoms with E-state index >= 15 is 0 Å². The monoisotopic (exact) mass is 472 g/mol. The Balaban J connectivity index is 1.48. The predicted molar refractivity (Wildman–Crippen MR) is 133 cm³/mol. The van der Waals surface area contributed by atoms with E-state index in [1.54, 1.807) is 7.11 Å². The Bertz CT molecular complexity index is 844. The smallest absolute Gasteiger partial charge is 0.119 e. The molecular formula is C28H40O6. The van der Waals surface area contributed by atoms with Crippen molar-refractivity contribution in [3.05, 3.63) is 59.7 Å². The summed E-state index contributed by atoms with van der Waals surface area (Å²) in [5.41, 5.74) is 2.29. The molecule has 0 amide bonds. The fourth-order valence-corrected chi connectivity index (χ4v) is 3.43. The van der Waals surface area contributed by atoms with Crippen LogP contribution in [0, 0.1) is 0 Å². The molecule has 0 aromatic heterocycles. The fourth-order valence-electron chi connectivity index (χ4n) is 3.43. The molecule has 0 bridgehead atoms. The van der Waals surface area contributed by atoms with Gasteiger partial charge in [0.2, 0.25) is 0 Å². The Hall–Kier alpha value is -2.12. The predicted octanol–water partition coefficient (Wildman–Crippen LogP) is 5.01. The highest BCUT2D eigenvalue weighted by Gasteiger charge is 2.24. The van der Waals surface area contributed by atoms with E-state index in [1.807, 2.05) is 45.0 Å². The summed E-state index contributed by atoms with van der Waals surface area (Å²) in [6.45, 7) is 13.5. The zero-order chi connectivity index (χ0) is 24.6. The molecule has 1 fully saturated rings. The van der Waals surface area contributed by atoms with Crippen molar-refractivity contribution in [1.82, 2.24) is 0 Å². The van der Waals surface area contributed by atoms with Crippen LogP contribution in [0.1, 0.15) is 45.7 Å². The lowest BCUT2D eigenvalue weighted by Gasteiger charge is -2.26. The number of benzene rings is 2. The first kappa shape index (κ1) is 26.5. The fraction of sp³-hybridized carbons (Fsp3) is 0.571. The molecule has 1 heterocycles. The van der Waals surface area contributed by atoms with Crippen molar-refractivity contribution in [1.29, 1.82) is 0 Å². The molecule has 0 saturated carbocycles. The number of methoxy groups -OCH3 is 1. The van der Waals surface area contributed by atoms with E-state index in [0.29, 0.717) is 26.4 Å². The van der Waals surface area contributed by atoms with Crippen molar-refractivity contribution >= 4 is 0 Å². The van der Waals surface area contributed by atoms with Crippen molar-refractivity contribution in [3.8, 4) is 11.5 Å². The van der Waals surface area contributed by atoms with Crippen molar-refractivity contribution < 1.29 is 28.4 Å². The van der Waals surface area contributed by atoms with Crippen LogP contribution in [0.2, 0.25) is 0 Å². The Morgan fingerprint density at radius 1 is 0.765 bits per heavy atom. The summed E-state index contributed by atoms with van der Waals surface area (Å²) in [6, 6.07) is 16.6. The topological polar surface area (TPSA) is 58.7 Å². The van der Waals surface area contributed by atoms with Crippen LogP contribution in [0.15, 0.2) is 48.5 Å². The molecule has 0 aliphatic carbocycles. The summed E-state index contributed by atoms with van der Waals surface area (Å²) >= 11 is 0. The largest absolute Gasteiger partial charge is 0.491 e. The summed E-state index contributed by atoms with van der Waals surface area (Å²) in [6.07, 6.45) is 0.382. The van der Waals surface area contributed by atoms with Crippen molar-refractivity contribution in [2.45, 2.75) is 64.4 Å². The highest BCUT2D eigenvalue weighted by atomic mass is 16.6. The maximum Gasteiger partial charge on any atom is 0.119 e. The van der Waals surface area contributed by atoms with Gasteiger partial charge in [0.1, 0.15) is 30.8 Å². The second-order valence-electron chi connectivity index (χ2n) is 9.59. The molecule has 6 nitrogen and oxygen atoms in total. The zero-order valence-electron chi connectivity index (χ0n) is 21.4. The quantitative estimate of drug-likeness (QED) is 0.340. The minimum absolute atomic E-state index is 0.00350. The van der Waals surface area contributed by atoms with Gasteiger partial charge in [-0.1, -0.05) is 38.1 Å². The lowest BCUT2D eigenvalue weighted by Crippen LogP contribution is -2.23. The van der Waals surface area contributed by atoms with Gasteiger partial charge in [-0.05, 0) is 56.2 Å². The van der Waals surface area contributed by atoms with Crippen LogP contribution in [0.4, 0.5) is 0 Å². The van der Waals surface area contributed by atoms with E-state index in [4.69, 9.17) is 28.4 Å². The van der Waals surface area contributed by atoms with Gasteiger partial charge in [0, 0.05) is 12.5 Å². The Labute approximate surface area is 204 Å². The molecule has 188 valence electrons. The first-order valence-electron chi connectivity index (χ1n) is 12.1. The summed E-state index contributed by atoms with van der Waals surface area (Å²) in [5.74, 6) is 1.68. The van der Waals surface area contributed by atoms with Gasteiger partial charge in [-0.15, -0.1) is 0 Å². The molecule has 0 radical (unpaired) electrons. The van der Waals surface area contributed by atoms with Gasteiger partial charge in [-0.2, -0.15) is 0 Å². The van der Waals surface area contributed by atoms with Crippen LogP contribution in [-0.4, -0.2) is 64.6 Å². The number of hydrogen-bond donors (Lipinski definition) is 0. The van der Waals surface area contributed by atoms with E-state index in [9.17, 15) is 0 Å². The lowest BCUT2D eigenvalue weighted by molar-refractivity contribution is -0.0276. The summed E-state index contributed by atoms with van der Waals surface area (Å²) in [5, 5.41) is 0. The van der Waals surface area contributed by atoms with Crippen molar-refractivity contribution in [2.75, 3.05) is 40.1 Å². The minimum atomic E-state index is -0.148. The first-order chi connectivity index (χ1) is 16.3. The highest BCUT2D eigenvalue weighted by molar-refractivity contribution is 5.41. The molecule has 0 N–H and O–H groups in total. The van der Waals surface area contributed by atoms with E-state index in [1.165, 1.54) is 11.1 Å². The van der Waals surface area contributed by atoms with Crippen molar-refractivity contribution in [2.24, 2.45) is 0 Å². The van der Waals surface area contributed by atoms with Gasteiger partial charge in [0.05, 0.1) is 38.1 Å². The third-order valence-corrected chi connectivity index (χ3v) is 6.11. The number of epoxide rings is 1. The number of hydrogen-bond acceptors (Lipinski definition) is 6. The van der Waals surface area contributed by atoms with Crippen LogP contribution in [-0.2, 0) is 24.4 Å². The molecular weight excluding hydrogens is 432 g/mol. The van der Waals surface area contributed by atoms with E-state index in [-0.39, 0.29) is 29.8 Å². The van der Waals surface area contributed by atoms with Crippen LogP contribution in [0.3, 0.4) is 0 Å². The van der Waals surface area contributed by atoms with E-state index in [0.717, 1.165) is 18.1 Å². The average molecular weight is 473 g/mol. The van der Waals surface area contributed by atoms with Gasteiger partial charge in [0.15, 0.2) is 0 Å². The van der Waals surface area contributed by atoms with Gasteiger partial charge < -0.3 is 28.4 Å². The second-order valence-corrected chi connectivity index (χ2v) is 9.59. The maximum absolute atomic E-state index is 5.90. The number of ether oxygens (including phenoxy) is 6. The summed E-state index contributed by atoms with van der Waals surface area (Å²) in [4.78, 5) is 0. The molecule has 34 heavy (non-hydrogen) atoms. The SMILES string of the molecule is COC(C)COC(C)COc1ccc(C(C)(C)c2ccc(OCC(C)OCC3CO3)cc2)cc1. The molecule has 2 aromatic carbocycles. The molecule has 1 aliphatic heterocycles. The lowest BCUT2D eigenvalue weighted by atomic mass is 9.78. The van der Waals surface area contributed by atoms with Crippen LogP contribution in [0.5, 0.6) is 11.5 Å². The Morgan fingerprint density at radius 3 is 1.68 bits per heavy atom. The minimum Gasteiger partial charge on any atom is -0.491 e. The molecule has 2 aromatic rings. The zero-order valence-corrected chi connectivity index (χ0v) is 21.4. The molecule has 4 unspecified atom stereocenters.